The Balaban J connectivity index is 0.000001000. The van der Waals surface area contributed by atoms with Crippen molar-refractivity contribution in [1.82, 2.24) is 5.16 Å². The maximum absolute atomic E-state index is 7.09. The van der Waals surface area contributed by atoms with Gasteiger partial charge in [-0.25, -0.2) is 0 Å². The van der Waals surface area contributed by atoms with Gasteiger partial charge in [0.05, 0.1) is 0 Å². The van der Waals surface area contributed by atoms with Gasteiger partial charge in [0.25, 0.3) is 0 Å². The molecule has 0 atom stereocenters. The van der Waals surface area contributed by atoms with E-state index in [1.165, 1.54) is 0 Å². The van der Waals surface area contributed by atoms with Gasteiger partial charge in [-0.1, -0.05) is 20.8 Å². The van der Waals surface area contributed by atoms with Crippen molar-refractivity contribution in [3.8, 4) is 0 Å². The van der Waals surface area contributed by atoms with Gasteiger partial charge in [0.1, 0.15) is 5.76 Å². The summed E-state index contributed by atoms with van der Waals surface area (Å²) < 4.78 is 4.89. The normalized spacial score (nSPS) is 10.8. The zero-order chi connectivity index (χ0) is 7.78. The minimum Gasteiger partial charge on any atom is -0.480 e. The summed E-state index contributed by atoms with van der Waals surface area (Å²) in [5.74, 6) is 0.961. The first kappa shape index (κ1) is 11.6. The predicted octanol–water partition coefficient (Wildman–Crippen LogP) is -0.340. The standard InChI is InChI=1S/C7H11N2O.K/c1-7(2,3)5-4-6(8)9-10-5;/h4H,1-3H3,(H-,8,9);/q-1;+1. The molecule has 0 bridgehead atoms. The minimum absolute atomic E-state index is 0. The zero-order valence-corrected chi connectivity index (χ0v) is 10.6. The van der Waals surface area contributed by atoms with Crippen molar-refractivity contribution in [1.29, 1.82) is 0 Å². The number of hydrogen-bond acceptors (Lipinski definition) is 2. The van der Waals surface area contributed by atoms with E-state index < -0.39 is 0 Å². The molecule has 0 unspecified atom stereocenters. The molecule has 0 saturated carbocycles. The summed E-state index contributed by atoms with van der Waals surface area (Å²) in [6, 6.07) is 1.64. The second kappa shape index (κ2) is 4.05. The summed E-state index contributed by atoms with van der Waals surface area (Å²) in [6.45, 7) is 6.06. The van der Waals surface area contributed by atoms with Crippen LogP contribution in [0.1, 0.15) is 26.5 Å². The van der Waals surface area contributed by atoms with E-state index in [1.54, 1.807) is 6.07 Å². The molecule has 11 heavy (non-hydrogen) atoms. The molecule has 0 aromatic carbocycles. The van der Waals surface area contributed by atoms with Crippen molar-refractivity contribution in [3.63, 3.8) is 0 Å². The van der Waals surface area contributed by atoms with Crippen LogP contribution in [0.2, 0.25) is 0 Å². The van der Waals surface area contributed by atoms with E-state index in [0.717, 1.165) is 5.76 Å². The molecule has 0 radical (unpaired) electrons. The molecule has 1 rings (SSSR count). The summed E-state index contributed by atoms with van der Waals surface area (Å²) in [4.78, 5) is 0. The van der Waals surface area contributed by atoms with Gasteiger partial charge >= 0.3 is 51.4 Å². The number of hydrogen-bond donors (Lipinski definition) is 0. The van der Waals surface area contributed by atoms with Crippen LogP contribution in [0.4, 0.5) is 5.82 Å². The predicted molar refractivity (Wildman–Crippen MR) is 39.2 cm³/mol. The van der Waals surface area contributed by atoms with Crippen molar-refractivity contribution in [2.24, 2.45) is 0 Å². The second-order valence-corrected chi connectivity index (χ2v) is 3.33. The Hall–Kier alpha value is 0.646. The third-order valence-electron chi connectivity index (χ3n) is 1.25. The van der Waals surface area contributed by atoms with Crippen molar-refractivity contribution in [2.45, 2.75) is 26.2 Å². The van der Waals surface area contributed by atoms with Gasteiger partial charge in [-0.05, 0) is 11.9 Å². The fourth-order valence-electron chi connectivity index (χ4n) is 0.629. The van der Waals surface area contributed by atoms with Crippen LogP contribution >= 0.6 is 0 Å². The minimum atomic E-state index is -0.0354. The maximum Gasteiger partial charge on any atom is 1.00 e. The molecule has 0 aliphatic rings. The van der Waals surface area contributed by atoms with Gasteiger partial charge in [0.2, 0.25) is 0 Å². The van der Waals surface area contributed by atoms with E-state index in [0.29, 0.717) is 0 Å². The molecule has 1 heterocycles. The van der Waals surface area contributed by atoms with Gasteiger partial charge in [0, 0.05) is 5.41 Å². The molecule has 0 saturated heterocycles. The molecule has 3 nitrogen and oxygen atoms in total. The molecule has 4 heteroatoms. The maximum atomic E-state index is 7.09. The van der Waals surface area contributed by atoms with Crippen LogP contribution in [0.25, 0.3) is 5.73 Å². The van der Waals surface area contributed by atoms with Crippen LogP contribution in [0, 0.1) is 0 Å². The largest absolute Gasteiger partial charge is 1.00 e. The third-order valence-corrected chi connectivity index (χ3v) is 1.25. The summed E-state index contributed by atoms with van der Waals surface area (Å²) >= 11 is 0. The zero-order valence-electron chi connectivity index (χ0n) is 7.43. The van der Waals surface area contributed by atoms with E-state index in [-0.39, 0.29) is 62.6 Å². The number of nitrogens with one attached hydrogen (secondary N) is 1. The Morgan fingerprint density at radius 1 is 1.45 bits per heavy atom. The van der Waals surface area contributed by atoms with E-state index in [1.807, 2.05) is 20.8 Å². The topological polar surface area (TPSA) is 49.8 Å². The number of rotatable bonds is 0. The summed E-state index contributed by atoms with van der Waals surface area (Å²) in [6.07, 6.45) is 0. The summed E-state index contributed by atoms with van der Waals surface area (Å²) in [7, 11) is 0. The monoisotopic (exact) mass is 178 g/mol. The van der Waals surface area contributed by atoms with Crippen molar-refractivity contribution >= 4 is 5.82 Å². The van der Waals surface area contributed by atoms with E-state index in [2.05, 4.69) is 5.16 Å². The van der Waals surface area contributed by atoms with Crippen molar-refractivity contribution in [2.75, 3.05) is 0 Å². The SMILES string of the molecule is CC(C)(C)c1cc([NH-])no1.[K+]. The van der Waals surface area contributed by atoms with E-state index in [4.69, 9.17) is 10.3 Å². The molecule has 0 spiro atoms. The Morgan fingerprint density at radius 2 is 2.00 bits per heavy atom. The molecular formula is C7H11KN2O. The number of aromatic nitrogens is 1. The van der Waals surface area contributed by atoms with Gasteiger partial charge in [0.15, 0.2) is 0 Å². The Labute approximate surface area is 109 Å². The van der Waals surface area contributed by atoms with Gasteiger partial charge in [-0.2, -0.15) is 0 Å². The van der Waals surface area contributed by atoms with Crippen LogP contribution in [0.3, 0.4) is 0 Å². The van der Waals surface area contributed by atoms with Crippen molar-refractivity contribution in [3.05, 3.63) is 17.6 Å². The molecule has 0 aliphatic carbocycles. The average Bonchev–Trinajstić information content (AvgIpc) is 2.11. The Morgan fingerprint density at radius 3 is 2.18 bits per heavy atom. The number of nitrogens with zero attached hydrogens (tertiary/aromatic N) is 1. The van der Waals surface area contributed by atoms with Crippen LogP contribution in [0.15, 0.2) is 10.6 Å². The fraction of sp³-hybridized carbons (Fsp3) is 0.571. The van der Waals surface area contributed by atoms with E-state index >= 15 is 0 Å². The second-order valence-electron chi connectivity index (χ2n) is 3.33. The first-order valence-corrected chi connectivity index (χ1v) is 3.19. The summed E-state index contributed by atoms with van der Waals surface area (Å²) in [5, 5.41) is 3.47. The van der Waals surface area contributed by atoms with Crippen LogP contribution < -0.4 is 51.4 Å². The molecule has 0 fully saturated rings. The Bertz CT molecular complexity index is 227. The third kappa shape index (κ3) is 3.25. The summed E-state index contributed by atoms with van der Waals surface area (Å²) in [5.41, 5.74) is 7.06. The van der Waals surface area contributed by atoms with Gasteiger partial charge < -0.3 is 10.3 Å². The fourth-order valence-corrected chi connectivity index (χ4v) is 0.629. The molecule has 1 N–H and O–H groups in total. The molecule has 1 aromatic heterocycles. The molecule has 0 amide bonds. The first-order valence-electron chi connectivity index (χ1n) is 3.19. The van der Waals surface area contributed by atoms with Gasteiger partial charge in [-0.3, -0.25) is 5.16 Å². The Kier molecular flexibility index (Phi) is 4.28. The van der Waals surface area contributed by atoms with Gasteiger partial charge in [-0.15, -0.1) is 0 Å². The molecule has 1 aromatic rings. The van der Waals surface area contributed by atoms with E-state index in [9.17, 15) is 0 Å². The van der Waals surface area contributed by atoms with Crippen molar-refractivity contribution < 1.29 is 55.9 Å². The van der Waals surface area contributed by atoms with Crippen LogP contribution in [-0.4, -0.2) is 5.16 Å². The molecular weight excluding hydrogens is 167 g/mol. The molecule has 0 aliphatic heterocycles. The van der Waals surface area contributed by atoms with Crippen LogP contribution in [0.5, 0.6) is 0 Å². The van der Waals surface area contributed by atoms with Crippen LogP contribution in [-0.2, 0) is 5.41 Å². The quantitative estimate of drug-likeness (QED) is 0.510. The average molecular weight is 178 g/mol. The smallest absolute Gasteiger partial charge is 0.480 e. The first-order chi connectivity index (χ1) is 4.50. The molecule has 56 valence electrons.